The molecule has 4 heteroatoms. The molecule has 2 aromatic rings. The molecule has 0 saturated carbocycles. The first kappa shape index (κ1) is 11.0. The molecule has 0 radical (unpaired) electrons. The lowest BCUT2D eigenvalue weighted by atomic mass is 9.93. The number of nitrogen functional groups attached to an aromatic ring is 1. The summed E-state index contributed by atoms with van der Waals surface area (Å²) in [6.45, 7) is 0.737. The largest absolute Gasteiger partial charge is 0.493 e. The van der Waals surface area contributed by atoms with Gasteiger partial charge >= 0.3 is 0 Å². The average molecular weight is 241 g/mol. The Morgan fingerprint density at radius 2 is 2.17 bits per heavy atom. The monoisotopic (exact) mass is 241 g/mol. The average Bonchev–Trinajstić information content (AvgIpc) is 2.39. The van der Waals surface area contributed by atoms with Gasteiger partial charge in [0.15, 0.2) is 0 Å². The van der Waals surface area contributed by atoms with Crippen LogP contribution in [0.1, 0.15) is 11.3 Å². The van der Waals surface area contributed by atoms with Crippen LogP contribution in [0.15, 0.2) is 36.5 Å². The van der Waals surface area contributed by atoms with E-state index in [4.69, 9.17) is 10.5 Å². The molecule has 0 fully saturated rings. The fraction of sp³-hybridized carbons (Fsp3) is 0.286. The van der Waals surface area contributed by atoms with Gasteiger partial charge < -0.3 is 10.5 Å². The van der Waals surface area contributed by atoms with Crippen LogP contribution in [0.2, 0.25) is 0 Å². The maximum atomic E-state index is 5.76. The van der Waals surface area contributed by atoms with Gasteiger partial charge in [0.1, 0.15) is 5.75 Å². The number of hydrogen-bond acceptors (Lipinski definition) is 4. The molecule has 0 saturated heterocycles. The van der Waals surface area contributed by atoms with Crippen LogP contribution in [0.5, 0.6) is 5.75 Å². The van der Waals surface area contributed by atoms with Crippen LogP contribution in [0, 0.1) is 5.92 Å². The van der Waals surface area contributed by atoms with Crippen LogP contribution in [0.25, 0.3) is 0 Å². The fourth-order valence-corrected chi connectivity index (χ4v) is 2.34. The van der Waals surface area contributed by atoms with Crippen molar-refractivity contribution in [1.29, 1.82) is 0 Å². The molecule has 92 valence electrons. The van der Waals surface area contributed by atoms with Crippen LogP contribution >= 0.6 is 0 Å². The zero-order valence-corrected chi connectivity index (χ0v) is 10.0. The summed E-state index contributed by atoms with van der Waals surface area (Å²) in [6.07, 6.45) is 3.61. The predicted molar refractivity (Wildman–Crippen MR) is 69.3 cm³/mol. The molecule has 2 N–H and O–H groups in total. The van der Waals surface area contributed by atoms with Crippen molar-refractivity contribution in [3.8, 4) is 5.75 Å². The highest BCUT2D eigenvalue weighted by atomic mass is 16.5. The van der Waals surface area contributed by atoms with E-state index in [0.29, 0.717) is 11.9 Å². The second kappa shape index (κ2) is 4.64. The van der Waals surface area contributed by atoms with Crippen LogP contribution in [-0.2, 0) is 12.8 Å². The number of benzene rings is 1. The Balaban J connectivity index is 1.73. The van der Waals surface area contributed by atoms with Gasteiger partial charge in [0.05, 0.1) is 6.61 Å². The normalized spacial score (nSPS) is 17.9. The molecular formula is C14H15N3O. The van der Waals surface area contributed by atoms with Crippen molar-refractivity contribution >= 4 is 5.95 Å². The van der Waals surface area contributed by atoms with E-state index in [1.54, 1.807) is 6.20 Å². The topological polar surface area (TPSA) is 61.0 Å². The summed E-state index contributed by atoms with van der Waals surface area (Å²) in [7, 11) is 0. The minimum absolute atomic E-state index is 0.338. The van der Waals surface area contributed by atoms with Crippen molar-refractivity contribution < 1.29 is 4.74 Å². The van der Waals surface area contributed by atoms with Gasteiger partial charge in [-0.3, -0.25) is 0 Å². The highest BCUT2D eigenvalue weighted by Gasteiger charge is 2.20. The zero-order valence-electron chi connectivity index (χ0n) is 10.0. The maximum Gasteiger partial charge on any atom is 0.220 e. The molecule has 0 amide bonds. The number of aromatic nitrogens is 2. The van der Waals surface area contributed by atoms with Crippen molar-refractivity contribution in [3.05, 3.63) is 47.8 Å². The zero-order chi connectivity index (χ0) is 12.4. The lowest BCUT2D eigenvalue weighted by Crippen LogP contribution is -2.23. The van der Waals surface area contributed by atoms with Crippen molar-refractivity contribution in [2.75, 3.05) is 12.3 Å². The molecule has 1 aromatic carbocycles. The minimum atomic E-state index is 0.338. The predicted octanol–water partition coefficient (Wildman–Crippen LogP) is 1.85. The summed E-state index contributed by atoms with van der Waals surface area (Å²) < 4.78 is 5.76. The van der Waals surface area contributed by atoms with E-state index in [0.717, 1.165) is 30.9 Å². The highest BCUT2D eigenvalue weighted by Crippen LogP contribution is 2.28. The molecule has 18 heavy (non-hydrogen) atoms. The number of fused-ring (bicyclic) bond motifs is 1. The summed E-state index contributed by atoms with van der Waals surface area (Å²) >= 11 is 0. The number of hydrogen-bond donors (Lipinski definition) is 1. The van der Waals surface area contributed by atoms with E-state index in [-0.39, 0.29) is 0 Å². The van der Waals surface area contributed by atoms with Gasteiger partial charge in [-0.05, 0) is 30.5 Å². The number of para-hydroxylation sites is 1. The van der Waals surface area contributed by atoms with Crippen LogP contribution in [0.3, 0.4) is 0 Å². The minimum Gasteiger partial charge on any atom is -0.493 e. The van der Waals surface area contributed by atoms with Gasteiger partial charge in [-0.1, -0.05) is 18.2 Å². The Labute approximate surface area is 106 Å². The van der Waals surface area contributed by atoms with E-state index in [9.17, 15) is 0 Å². The van der Waals surface area contributed by atoms with Gasteiger partial charge in [0.25, 0.3) is 0 Å². The molecular weight excluding hydrogens is 226 g/mol. The van der Waals surface area contributed by atoms with Gasteiger partial charge in [-0.15, -0.1) is 0 Å². The third-order valence-corrected chi connectivity index (χ3v) is 3.19. The first-order valence-corrected chi connectivity index (χ1v) is 6.09. The van der Waals surface area contributed by atoms with E-state index in [2.05, 4.69) is 16.0 Å². The number of anilines is 1. The van der Waals surface area contributed by atoms with Gasteiger partial charge in [-0.2, -0.15) is 0 Å². The number of ether oxygens (including phenoxy) is 1. The molecule has 1 unspecified atom stereocenters. The quantitative estimate of drug-likeness (QED) is 0.871. The molecule has 2 heterocycles. The van der Waals surface area contributed by atoms with Crippen molar-refractivity contribution in [3.63, 3.8) is 0 Å². The van der Waals surface area contributed by atoms with E-state index >= 15 is 0 Å². The van der Waals surface area contributed by atoms with Gasteiger partial charge in [-0.25, -0.2) is 9.97 Å². The number of nitrogens with two attached hydrogens (primary N) is 1. The summed E-state index contributed by atoms with van der Waals surface area (Å²) in [5, 5.41) is 0. The van der Waals surface area contributed by atoms with Crippen LogP contribution < -0.4 is 10.5 Å². The molecule has 1 atom stereocenters. The smallest absolute Gasteiger partial charge is 0.220 e. The SMILES string of the molecule is Nc1nccc(CC2COc3ccccc3C2)n1. The Hall–Kier alpha value is -2.10. The molecule has 0 aliphatic carbocycles. The number of rotatable bonds is 2. The van der Waals surface area contributed by atoms with Gasteiger partial charge in [0, 0.05) is 17.8 Å². The molecule has 4 nitrogen and oxygen atoms in total. The molecule has 0 bridgehead atoms. The second-order valence-electron chi connectivity index (χ2n) is 4.60. The molecule has 1 aliphatic heterocycles. The molecule has 3 rings (SSSR count). The summed E-state index contributed by atoms with van der Waals surface area (Å²) in [6, 6.07) is 10.1. The molecule has 0 spiro atoms. The Bertz CT molecular complexity index is 556. The third-order valence-electron chi connectivity index (χ3n) is 3.19. The highest BCUT2D eigenvalue weighted by molar-refractivity contribution is 5.35. The first-order chi connectivity index (χ1) is 8.81. The Morgan fingerprint density at radius 1 is 1.28 bits per heavy atom. The third kappa shape index (κ3) is 2.27. The lowest BCUT2D eigenvalue weighted by Gasteiger charge is -2.24. The molecule has 1 aliphatic rings. The summed E-state index contributed by atoms with van der Waals surface area (Å²) in [4.78, 5) is 8.14. The summed E-state index contributed by atoms with van der Waals surface area (Å²) in [5.74, 6) is 1.80. The lowest BCUT2D eigenvalue weighted by molar-refractivity contribution is 0.220. The summed E-state index contributed by atoms with van der Waals surface area (Å²) in [5.41, 5.74) is 7.84. The van der Waals surface area contributed by atoms with Crippen LogP contribution in [-0.4, -0.2) is 16.6 Å². The van der Waals surface area contributed by atoms with Crippen molar-refractivity contribution in [1.82, 2.24) is 9.97 Å². The Kier molecular flexibility index (Phi) is 2.84. The fourth-order valence-electron chi connectivity index (χ4n) is 2.34. The molecule has 1 aromatic heterocycles. The Morgan fingerprint density at radius 3 is 3.06 bits per heavy atom. The van der Waals surface area contributed by atoms with E-state index < -0.39 is 0 Å². The first-order valence-electron chi connectivity index (χ1n) is 6.09. The van der Waals surface area contributed by atoms with E-state index in [1.165, 1.54) is 5.56 Å². The van der Waals surface area contributed by atoms with Crippen molar-refractivity contribution in [2.45, 2.75) is 12.8 Å². The number of nitrogens with zero attached hydrogens (tertiary/aromatic N) is 2. The maximum absolute atomic E-state index is 5.76. The van der Waals surface area contributed by atoms with E-state index in [1.807, 2.05) is 24.3 Å². The van der Waals surface area contributed by atoms with Crippen molar-refractivity contribution in [2.24, 2.45) is 5.92 Å². The second-order valence-corrected chi connectivity index (χ2v) is 4.60. The van der Waals surface area contributed by atoms with Crippen LogP contribution in [0.4, 0.5) is 5.95 Å². The standard InChI is InChI=1S/C14H15N3O/c15-14-16-6-5-12(17-14)8-10-7-11-3-1-2-4-13(11)18-9-10/h1-6,10H,7-9H2,(H2,15,16,17). The van der Waals surface area contributed by atoms with Gasteiger partial charge in [0.2, 0.25) is 5.95 Å².